The molecule has 21 heavy (non-hydrogen) atoms. The molecule has 0 spiro atoms. The van der Waals surface area contributed by atoms with Crippen molar-refractivity contribution in [3.05, 3.63) is 34.9 Å². The molecule has 2 heterocycles. The van der Waals surface area contributed by atoms with Gasteiger partial charge < -0.3 is 14.6 Å². The molecule has 3 rings (SSSR count). The van der Waals surface area contributed by atoms with Gasteiger partial charge in [-0.15, -0.1) is 0 Å². The molecule has 1 N–H and O–H groups in total. The predicted molar refractivity (Wildman–Crippen MR) is 76.6 cm³/mol. The second-order valence-corrected chi connectivity index (χ2v) is 5.58. The molecule has 0 saturated heterocycles. The van der Waals surface area contributed by atoms with Crippen molar-refractivity contribution in [3.63, 3.8) is 0 Å². The van der Waals surface area contributed by atoms with E-state index in [0.29, 0.717) is 28.5 Å². The molecule has 0 bridgehead atoms. The number of rotatable bonds is 4. The Morgan fingerprint density at radius 2 is 2.19 bits per heavy atom. The molecule has 1 aliphatic heterocycles. The van der Waals surface area contributed by atoms with Crippen LogP contribution in [0.15, 0.2) is 18.5 Å². The summed E-state index contributed by atoms with van der Waals surface area (Å²) in [5, 5.41) is 15.0. The maximum absolute atomic E-state index is 10.4. The standard InChI is InChI=1S/C14H16ClN3O3/c1-8(2)18-13(16-6-17-18)5-11(19)9-3-10(15)14-12(4-9)20-7-21-14/h3-4,6,8,11,19H,5,7H2,1-2H3. The van der Waals surface area contributed by atoms with Crippen LogP contribution < -0.4 is 9.47 Å². The Kier molecular flexibility index (Phi) is 3.73. The topological polar surface area (TPSA) is 69.4 Å². The highest BCUT2D eigenvalue weighted by Crippen LogP contribution is 2.41. The molecule has 0 saturated carbocycles. The van der Waals surface area contributed by atoms with Crippen molar-refractivity contribution in [2.45, 2.75) is 32.4 Å². The minimum atomic E-state index is -0.737. The molecule has 1 aromatic carbocycles. The van der Waals surface area contributed by atoms with Gasteiger partial charge in [-0.3, -0.25) is 0 Å². The number of aromatic nitrogens is 3. The summed E-state index contributed by atoms with van der Waals surface area (Å²) in [5.74, 6) is 1.81. The van der Waals surface area contributed by atoms with Gasteiger partial charge in [0.1, 0.15) is 12.2 Å². The Labute approximate surface area is 127 Å². The highest BCUT2D eigenvalue weighted by Gasteiger charge is 2.22. The number of nitrogens with zero attached hydrogens (tertiary/aromatic N) is 3. The first-order valence-electron chi connectivity index (χ1n) is 6.71. The number of halogens is 1. The molecule has 112 valence electrons. The van der Waals surface area contributed by atoms with Gasteiger partial charge in [0.05, 0.1) is 11.1 Å². The average Bonchev–Trinajstić information content (AvgIpc) is 3.06. The molecule has 1 aliphatic rings. The lowest BCUT2D eigenvalue weighted by Crippen LogP contribution is -2.12. The lowest BCUT2D eigenvalue weighted by atomic mass is 10.1. The van der Waals surface area contributed by atoms with E-state index >= 15 is 0 Å². The maximum Gasteiger partial charge on any atom is 0.231 e. The van der Waals surface area contributed by atoms with E-state index in [0.717, 1.165) is 5.82 Å². The number of benzene rings is 1. The van der Waals surface area contributed by atoms with Crippen LogP contribution in [0.25, 0.3) is 0 Å². The fraction of sp³-hybridized carbons (Fsp3) is 0.429. The third-order valence-corrected chi connectivity index (χ3v) is 3.63. The van der Waals surface area contributed by atoms with E-state index in [2.05, 4.69) is 10.1 Å². The van der Waals surface area contributed by atoms with E-state index < -0.39 is 6.10 Å². The van der Waals surface area contributed by atoms with E-state index in [9.17, 15) is 5.11 Å². The third-order valence-electron chi connectivity index (χ3n) is 3.35. The fourth-order valence-corrected chi connectivity index (χ4v) is 2.60. The number of aliphatic hydroxyl groups is 1. The minimum Gasteiger partial charge on any atom is -0.454 e. The zero-order chi connectivity index (χ0) is 15.0. The number of fused-ring (bicyclic) bond motifs is 1. The van der Waals surface area contributed by atoms with Crippen LogP contribution in [0.5, 0.6) is 11.5 Å². The van der Waals surface area contributed by atoms with Crippen LogP contribution in [0.2, 0.25) is 5.02 Å². The van der Waals surface area contributed by atoms with Gasteiger partial charge in [0, 0.05) is 12.5 Å². The average molecular weight is 310 g/mol. The van der Waals surface area contributed by atoms with Crippen LogP contribution in [0.1, 0.15) is 37.4 Å². The Morgan fingerprint density at radius 3 is 2.95 bits per heavy atom. The van der Waals surface area contributed by atoms with E-state index in [1.807, 2.05) is 13.8 Å². The number of hydrogen-bond acceptors (Lipinski definition) is 5. The summed E-state index contributed by atoms with van der Waals surface area (Å²) in [4.78, 5) is 4.20. The quantitative estimate of drug-likeness (QED) is 0.939. The van der Waals surface area contributed by atoms with Gasteiger partial charge in [-0.2, -0.15) is 5.10 Å². The molecule has 1 unspecified atom stereocenters. The van der Waals surface area contributed by atoms with Crippen LogP contribution in [0, 0.1) is 0 Å². The molecule has 1 aromatic heterocycles. The van der Waals surface area contributed by atoms with Crippen molar-refractivity contribution in [1.82, 2.24) is 14.8 Å². The number of hydrogen-bond donors (Lipinski definition) is 1. The minimum absolute atomic E-state index is 0.149. The number of aliphatic hydroxyl groups excluding tert-OH is 1. The lowest BCUT2D eigenvalue weighted by Gasteiger charge is -2.14. The van der Waals surface area contributed by atoms with Crippen LogP contribution in [0.4, 0.5) is 0 Å². The molecule has 7 heteroatoms. The van der Waals surface area contributed by atoms with Gasteiger partial charge in [-0.05, 0) is 31.5 Å². The highest BCUT2D eigenvalue weighted by molar-refractivity contribution is 6.32. The fourth-order valence-electron chi connectivity index (χ4n) is 2.32. The van der Waals surface area contributed by atoms with Crippen molar-refractivity contribution >= 4 is 11.6 Å². The van der Waals surface area contributed by atoms with Crippen molar-refractivity contribution in [2.24, 2.45) is 0 Å². The summed E-state index contributed by atoms with van der Waals surface area (Å²) in [5.41, 5.74) is 0.669. The van der Waals surface area contributed by atoms with Crippen molar-refractivity contribution in [2.75, 3.05) is 6.79 Å². The van der Waals surface area contributed by atoms with E-state index in [1.165, 1.54) is 6.33 Å². The zero-order valence-electron chi connectivity index (χ0n) is 11.8. The van der Waals surface area contributed by atoms with Gasteiger partial charge in [-0.25, -0.2) is 9.67 Å². The van der Waals surface area contributed by atoms with Crippen molar-refractivity contribution < 1.29 is 14.6 Å². The highest BCUT2D eigenvalue weighted by atomic mass is 35.5. The van der Waals surface area contributed by atoms with Crippen LogP contribution in [0.3, 0.4) is 0 Å². The lowest BCUT2D eigenvalue weighted by molar-refractivity contribution is 0.169. The summed E-state index contributed by atoms with van der Waals surface area (Å²) in [6, 6.07) is 3.63. The molecular formula is C14H16ClN3O3. The summed E-state index contributed by atoms with van der Waals surface area (Å²) in [7, 11) is 0. The first kappa shape index (κ1) is 14.2. The second kappa shape index (κ2) is 5.54. The normalized spacial score (nSPS) is 14.7. The molecule has 0 radical (unpaired) electrons. The van der Waals surface area contributed by atoms with Crippen LogP contribution >= 0.6 is 11.6 Å². The largest absolute Gasteiger partial charge is 0.454 e. The first-order valence-corrected chi connectivity index (χ1v) is 7.09. The van der Waals surface area contributed by atoms with Crippen molar-refractivity contribution in [1.29, 1.82) is 0 Å². The Bertz CT molecular complexity index is 657. The molecule has 1 atom stereocenters. The molecule has 2 aromatic rings. The zero-order valence-corrected chi connectivity index (χ0v) is 12.5. The van der Waals surface area contributed by atoms with Gasteiger partial charge in [-0.1, -0.05) is 11.6 Å². The smallest absolute Gasteiger partial charge is 0.231 e. The molecule has 6 nitrogen and oxygen atoms in total. The summed E-state index contributed by atoms with van der Waals surface area (Å²) in [6.45, 7) is 4.18. The van der Waals surface area contributed by atoms with Crippen molar-refractivity contribution in [3.8, 4) is 11.5 Å². The van der Waals surface area contributed by atoms with Gasteiger partial charge >= 0.3 is 0 Å². The van der Waals surface area contributed by atoms with E-state index in [1.54, 1.807) is 16.8 Å². The molecule has 0 fully saturated rings. The maximum atomic E-state index is 10.4. The van der Waals surface area contributed by atoms with Gasteiger partial charge in [0.25, 0.3) is 0 Å². The monoisotopic (exact) mass is 309 g/mol. The third kappa shape index (κ3) is 2.69. The van der Waals surface area contributed by atoms with Gasteiger partial charge in [0.15, 0.2) is 11.5 Å². The van der Waals surface area contributed by atoms with Crippen LogP contribution in [-0.4, -0.2) is 26.7 Å². The first-order chi connectivity index (χ1) is 10.1. The summed E-state index contributed by atoms with van der Waals surface area (Å²) in [6.07, 6.45) is 1.11. The molecular weight excluding hydrogens is 294 g/mol. The second-order valence-electron chi connectivity index (χ2n) is 5.17. The summed E-state index contributed by atoms with van der Waals surface area (Å²) >= 11 is 6.13. The Morgan fingerprint density at radius 1 is 1.38 bits per heavy atom. The predicted octanol–water partition coefficient (Wildman–Crippen LogP) is 2.52. The van der Waals surface area contributed by atoms with E-state index in [-0.39, 0.29) is 12.8 Å². The molecule has 0 amide bonds. The Balaban J connectivity index is 1.84. The van der Waals surface area contributed by atoms with Crippen LogP contribution in [-0.2, 0) is 6.42 Å². The van der Waals surface area contributed by atoms with E-state index in [4.69, 9.17) is 21.1 Å². The summed E-state index contributed by atoms with van der Waals surface area (Å²) < 4.78 is 12.4. The molecule has 0 aliphatic carbocycles. The SMILES string of the molecule is CC(C)n1ncnc1CC(O)c1cc(Cl)c2c(c1)OCO2. The van der Waals surface area contributed by atoms with Gasteiger partial charge in [0.2, 0.25) is 6.79 Å². The Hall–Kier alpha value is -1.79. The number of ether oxygens (including phenoxy) is 2.